The zero-order valence-corrected chi connectivity index (χ0v) is 20.3. The number of carbonyl (C=O) groups excluding carboxylic acids is 4. The molecule has 10 nitrogen and oxygen atoms in total. The van der Waals surface area contributed by atoms with E-state index in [0.717, 1.165) is 28.0 Å². The largest absolute Gasteiger partial charge is 0.466 e. The van der Waals surface area contributed by atoms with Crippen LogP contribution in [0, 0.1) is 6.92 Å². The molecule has 34 heavy (non-hydrogen) atoms. The lowest BCUT2D eigenvalue weighted by Gasteiger charge is -2.31. The third-order valence-corrected chi connectivity index (χ3v) is 5.45. The fourth-order valence-electron chi connectivity index (χ4n) is 3.57. The number of thiocarbonyl (C=S) groups is 1. The normalized spacial score (nSPS) is 22.6. The van der Waals surface area contributed by atoms with Crippen LogP contribution in [0.3, 0.4) is 0 Å². The number of benzene rings is 1. The van der Waals surface area contributed by atoms with Crippen LogP contribution in [0.4, 0.5) is 9.59 Å². The average Bonchev–Trinajstić information content (AvgIpc) is 3.32. The molecule has 182 valence electrons. The van der Waals surface area contributed by atoms with E-state index in [-0.39, 0.29) is 13.2 Å². The van der Waals surface area contributed by atoms with Crippen molar-refractivity contribution in [1.29, 1.82) is 0 Å². The summed E-state index contributed by atoms with van der Waals surface area (Å²) in [5.41, 5.74) is -1.51. The Balaban J connectivity index is 2.16. The first-order valence-corrected chi connectivity index (χ1v) is 10.9. The zero-order chi connectivity index (χ0) is 25.3. The van der Waals surface area contributed by atoms with Crippen LogP contribution in [0.2, 0.25) is 0 Å². The molecule has 11 heteroatoms. The Morgan fingerprint density at radius 3 is 2.47 bits per heavy atom. The first-order chi connectivity index (χ1) is 15.9. The van der Waals surface area contributed by atoms with Crippen LogP contribution in [-0.4, -0.2) is 76.5 Å². The minimum Gasteiger partial charge on any atom is -0.466 e. The lowest BCUT2D eigenvalue weighted by Crippen LogP contribution is -2.60. The van der Waals surface area contributed by atoms with Crippen LogP contribution in [0.15, 0.2) is 30.3 Å². The molecule has 0 aromatic heterocycles. The van der Waals surface area contributed by atoms with E-state index < -0.39 is 46.5 Å². The second-order valence-electron chi connectivity index (χ2n) is 8.70. The van der Waals surface area contributed by atoms with Crippen LogP contribution < -0.4 is 0 Å². The summed E-state index contributed by atoms with van der Waals surface area (Å²) in [6.45, 7) is 6.66. The van der Waals surface area contributed by atoms with Gasteiger partial charge in [-0.25, -0.2) is 24.2 Å². The van der Waals surface area contributed by atoms with Gasteiger partial charge in [0.15, 0.2) is 6.04 Å². The Morgan fingerprint density at radius 2 is 1.91 bits per heavy atom. The van der Waals surface area contributed by atoms with E-state index in [0.29, 0.717) is 0 Å². The highest BCUT2D eigenvalue weighted by Crippen LogP contribution is 2.37. The van der Waals surface area contributed by atoms with Crippen LogP contribution in [0.1, 0.15) is 31.9 Å². The van der Waals surface area contributed by atoms with E-state index in [2.05, 4.69) is 0 Å². The second kappa shape index (κ2) is 9.41. The maximum absolute atomic E-state index is 13.6. The van der Waals surface area contributed by atoms with E-state index >= 15 is 0 Å². The molecule has 0 radical (unpaired) electrons. The lowest BCUT2D eigenvalue weighted by molar-refractivity contribution is -0.159. The van der Waals surface area contributed by atoms with Gasteiger partial charge < -0.3 is 18.9 Å². The number of rotatable bonds is 4. The zero-order valence-electron chi connectivity index (χ0n) is 19.5. The SMILES string of the molecule is COC(=O)[C@]1(/C=C/c2ccccc2C)OC(=S)N(C(=O)OC(C)(C)C)[C@@H]1C(=O)N1CCOC1=O. The number of cyclic esters (lactones) is 1. The van der Waals surface area contributed by atoms with Crippen molar-refractivity contribution in [3.8, 4) is 0 Å². The summed E-state index contributed by atoms with van der Waals surface area (Å²) in [5.74, 6) is -1.91. The number of hydrogen-bond donors (Lipinski definition) is 0. The van der Waals surface area contributed by atoms with Gasteiger partial charge in [0.1, 0.15) is 12.2 Å². The Bertz CT molecular complexity index is 1060. The molecule has 3 rings (SSSR count). The van der Waals surface area contributed by atoms with Crippen molar-refractivity contribution < 1.29 is 38.1 Å². The van der Waals surface area contributed by atoms with Gasteiger partial charge in [0.05, 0.1) is 13.7 Å². The van der Waals surface area contributed by atoms with Crippen LogP contribution >= 0.6 is 12.2 Å². The van der Waals surface area contributed by atoms with E-state index in [1.165, 1.54) is 6.08 Å². The number of imide groups is 1. The smallest absolute Gasteiger partial charge is 0.418 e. The molecule has 3 amide bonds. The standard InChI is InChI=1S/C23H26N2O8S/c1-14-8-6-7-9-15(14)10-11-23(18(27)30-5)16(17(26)24-12-13-31-19(24)28)25(21(34)33-23)20(29)32-22(2,3)4/h6-11,16H,12-13H2,1-5H3/b11-10+/t16-,23-/m1/s1. The van der Waals surface area contributed by atoms with Crippen LogP contribution in [0.5, 0.6) is 0 Å². The minimum absolute atomic E-state index is 0.0285. The van der Waals surface area contributed by atoms with Crippen molar-refractivity contribution in [2.24, 2.45) is 0 Å². The fraction of sp³-hybridized carbons (Fsp3) is 0.435. The van der Waals surface area contributed by atoms with Crippen molar-refractivity contribution in [3.63, 3.8) is 0 Å². The van der Waals surface area contributed by atoms with Crippen molar-refractivity contribution in [2.75, 3.05) is 20.3 Å². The molecule has 2 aliphatic heterocycles. The summed E-state index contributed by atoms with van der Waals surface area (Å²) in [6, 6.07) is 5.59. The Hall–Kier alpha value is -3.47. The molecule has 2 heterocycles. The molecule has 1 aromatic rings. The predicted molar refractivity (Wildman–Crippen MR) is 124 cm³/mol. The first-order valence-electron chi connectivity index (χ1n) is 10.5. The van der Waals surface area contributed by atoms with Gasteiger partial charge in [-0.05, 0) is 57.1 Å². The number of methoxy groups -OCH3 is 1. The Morgan fingerprint density at radius 1 is 1.24 bits per heavy atom. The highest BCUT2D eigenvalue weighted by molar-refractivity contribution is 7.80. The van der Waals surface area contributed by atoms with Crippen molar-refractivity contribution in [2.45, 2.75) is 44.9 Å². The molecule has 0 saturated carbocycles. The van der Waals surface area contributed by atoms with Gasteiger partial charge in [-0.2, -0.15) is 0 Å². The van der Waals surface area contributed by atoms with Crippen LogP contribution in [-0.2, 0) is 28.5 Å². The molecule has 0 aliphatic carbocycles. The maximum atomic E-state index is 13.6. The summed E-state index contributed by atoms with van der Waals surface area (Å²) in [6.07, 6.45) is 0.949. The van der Waals surface area contributed by atoms with Crippen molar-refractivity contribution in [1.82, 2.24) is 9.80 Å². The molecular weight excluding hydrogens is 464 g/mol. The molecule has 2 atom stereocenters. The number of ether oxygens (including phenoxy) is 4. The summed E-state index contributed by atoms with van der Waals surface area (Å²) in [7, 11) is 1.11. The number of amides is 3. The summed E-state index contributed by atoms with van der Waals surface area (Å²) < 4.78 is 21.0. The number of nitrogens with zero attached hydrogens (tertiary/aromatic N) is 2. The maximum Gasteiger partial charge on any atom is 0.418 e. The monoisotopic (exact) mass is 490 g/mol. The van der Waals surface area contributed by atoms with Gasteiger partial charge >= 0.3 is 18.2 Å². The Kier molecular flexibility index (Phi) is 6.97. The van der Waals surface area contributed by atoms with E-state index in [1.807, 2.05) is 19.1 Å². The third kappa shape index (κ3) is 4.74. The highest BCUT2D eigenvalue weighted by atomic mass is 32.1. The highest BCUT2D eigenvalue weighted by Gasteiger charge is 2.64. The van der Waals surface area contributed by atoms with E-state index in [1.54, 1.807) is 39.0 Å². The number of hydrogen-bond acceptors (Lipinski definition) is 9. The molecule has 2 saturated heterocycles. The topological polar surface area (TPSA) is 112 Å². The number of aryl methyl sites for hydroxylation is 1. The second-order valence-corrected chi connectivity index (χ2v) is 9.05. The van der Waals surface area contributed by atoms with Gasteiger partial charge in [0.25, 0.3) is 16.7 Å². The van der Waals surface area contributed by atoms with Gasteiger partial charge in [-0.3, -0.25) is 4.79 Å². The van der Waals surface area contributed by atoms with E-state index in [4.69, 9.17) is 31.2 Å². The lowest BCUT2D eigenvalue weighted by atomic mass is 9.91. The molecular formula is C23H26N2O8S. The van der Waals surface area contributed by atoms with Gasteiger partial charge in [0.2, 0.25) is 0 Å². The molecule has 0 bridgehead atoms. The predicted octanol–water partition coefficient (Wildman–Crippen LogP) is 2.82. The molecule has 0 unspecified atom stereocenters. The van der Waals surface area contributed by atoms with Crippen molar-refractivity contribution >= 4 is 47.5 Å². The molecule has 2 fully saturated rings. The molecule has 1 aromatic carbocycles. The van der Waals surface area contributed by atoms with Gasteiger partial charge in [-0.1, -0.05) is 30.3 Å². The van der Waals surface area contributed by atoms with Gasteiger partial charge in [0, 0.05) is 0 Å². The minimum atomic E-state index is -2.18. The first kappa shape index (κ1) is 25.2. The average molecular weight is 491 g/mol. The third-order valence-electron chi connectivity index (χ3n) is 5.17. The summed E-state index contributed by atoms with van der Waals surface area (Å²) in [5, 5.41) is -0.472. The van der Waals surface area contributed by atoms with Crippen molar-refractivity contribution in [3.05, 3.63) is 41.5 Å². The Labute approximate surface area is 202 Å². The summed E-state index contributed by atoms with van der Waals surface area (Å²) in [4.78, 5) is 53.5. The van der Waals surface area contributed by atoms with Gasteiger partial charge in [-0.15, -0.1) is 0 Å². The quantitative estimate of drug-likeness (QED) is 0.357. The van der Waals surface area contributed by atoms with Crippen LogP contribution in [0.25, 0.3) is 6.08 Å². The fourth-order valence-corrected chi connectivity index (χ4v) is 3.88. The molecule has 0 spiro atoms. The van der Waals surface area contributed by atoms with E-state index in [9.17, 15) is 19.2 Å². The number of esters is 1. The summed E-state index contributed by atoms with van der Waals surface area (Å²) >= 11 is 5.25. The number of carbonyl (C=O) groups is 4. The molecule has 2 aliphatic rings. The molecule has 0 N–H and O–H groups in total.